The summed E-state index contributed by atoms with van der Waals surface area (Å²) in [5.41, 5.74) is 17.3. The van der Waals surface area contributed by atoms with Crippen LogP contribution in [0, 0.1) is 0 Å². The van der Waals surface area contributed by atoms with E-state index in [0.717, 1.165) is 49.3 Å². The topological polar surface area (TPSA) is 83.4 Å². The molecule has 0 radical (unpaired) electrons. The molecule has 0 amide bonds. The average molecular weight is 327 g/mol. The van der Waals surface area contributed by atoms with Gasteiger partial charge >= 0.3 is 0 Å². The number of rotatable bonds is 7. The van der Waals surface area contributed by atoms with Crippen LogP contribution in [0.5, 0.6) is 0 Å². The first-order valence-corrected chi connectivity index (χ1v) is 8.73. The molecule has 2 rings (SSSR count). The molecule has 0 bridgehead atoms. The third kappa shape index (κ3) is 3.91. The summed E-state index contributed by atoms with van der Waals surface area (Å²) in [7, 11) is 0. The quantitative estimate of drug-likeness (QED) is 0.716. The van der Waals surface area contributed by atoms with Gasteiger partial charge in [0, 0.05) is 24.6 Å². The third-order valence-electron chi connectivity index (χ3n) is 4.07. The van der Waals surface area contributed by atoms with Crippen LogP contribution in [0.1, 0.15) is 57.0 Å². The molecule has 130 valence electrons. The van der Waals surface area contributed by atoms with Gasteiger partial charge in [-0.3, -0.25) is 0 Å². The second kappa shape index (κ2) is 8.43. The number of aliphatic imine (C=N–C) groups is 1. The van der Waals surface area contributed by atoms with E-state index in [9.17, 15) is 0 Å². The highest BCUT2D eigenvalue weighted by Gasteiger charge is 2.20. The monoisotopic (exact) mass is 327 g/mol. The summed E-state index contributed by atoms with van der Waals surface area (Å²) in [6.07, 6.45) is 12.1. The predicted octanol–water partition coefficient (Wildman–Crippen LogP) is 3.57. The van der Waals surface area contributed by atoms with Gasteiger partial charge in [-0.2, -0.15) is 0 Å². The van der Waals surface area contributed by atoms with Crippen LogP contribution < -0.4 is 11.5 Å². The Kier molecular flexibility index (Phi) is 6.29. The molecule has 0 spiro atoms. The number of aryl methyl sites for hydroxylation is 1. The minimum atomic E-state index is 0.463. The van der Waals surface area contributed by atoms with Gasteiger partial charge in [0.1, 0.15) is 11.5 Å². The zero-order chi connectivity index (χ0) is 17.5. The van der Waals surface area contributed by atoms with Crippen molar-refractivity contribution >= 4 is 17.6 Å². The normalized spacial score (nSPS) is 16.8. The number of amidine groups is 1. The van der Waals surface area contributed by atoms with Crippen molar-refractivity contribution in [2.45, 2.75) is 46.5 Å². The molecule has 1 aliphatic rings. The molecule has 24 heavy (non-hydrogen) atoms. The number of hydrogen-bond donors (Lipinski definition) is 3. The van der Waals surface area contributed by atoms with E-state index in [1.807, 2.05) is 19.2 Å². The highest BCUT2D eigenvalue weighted by atomic mass is 15.2. The first kappa shape index (κ1) is 17.9. The first-order valence-electron chi connectivity index (χ1n) is 8.73. The number of unbranched alkanes of at least 4 members (excludes halogenated alkanes) is 1. The summed E-state index contributed by atoms with van der Waals surface area (Å²) in [5.74, 6) is 0.463. The molecule has 0 saturated carbocycles. The van der Waals surface area contributed by atoms with Crippen molar-refractivity contribution in [2.75, 3.05) is 6.54 Å². The molecular formula is C19H29N5. The molecule has 5 N–H and O–H groups in total. The maximum atomic E-state index is 6.48. The molecule has 1 aliphatic heterocycles. The van der Waals surface area contributed by atoms with Crippen LogP contribution in [-0.4, -0.2) is 22.3 Å². The van der Waals surface area contributed by atoms with Crippen LogP contribution in [0.15, 0.2) is 35.2 Å². The van der Waals surface area contributed by atoms with E-state index in [4.69, 9.17) is 11.5 Å². The van der Waals surface area contributed by atoms with Gasteiger partial charge in [0.25, 0.3) is 0 Å². The van der Waals surface area contributed by atoms with Crippen molar-refractivity contribution in [1.29, 1.82) is 0 Å². The molecule has 0 saturated heterocycles. The van der Waals surface area contributed by atoms with Crippen LogP contribution in [-0.2, 0) is 6.42 Å². The van der Waals surface area contributed by atoms with Gasteiger partial charge in [-0.05, 0) is 37.5 Å². The SMILES string of the molecule is C/C=C\c1[nH]c(/C(N)=C2\C(N)=NC=CN2CCCC)cc1CCC. The van der Waals surface area contributed by atoms with E-state index in [2.05, 4.69) is 40.9 Å². The average Bonchev–Trinajstić information content (AvgIpc) is 2.96. The fraction of sp³-hybridized carbons (Fsp3) is 0.421. The van der Waals surface area contributed by atoms with E-state index in [-0.39, 0.29) is 0 Å². The molecule has 1 aromatic rings. The van der Waals surface area contributed by atoms with Crippen molar-refractivity contribution in [3.05, 3.63) is 47.2 Å². The number of aromatic amines is 1. The standard InChI is InChI=1S/C19H29N5/c1-4-7-11-24-12-10-22-19(21)18(24)17(20)16-13-14(8-5-2)15(23-16)9-6-3/h6,9-10,12-13,23H,4-5,7-8,11,20H2,1-3H3,(H2,21,22)/b9-6-,18-17-. The second-order valence-electron chi connectivity index (χ2n) is 5.99. The predicted molar refractivity (Wildman–Crippen MR) is 103 cm³/mol. The van der Waals surface area contributed by atoms with Crippen molar-refractivity contribution in [2.24, 2.45) is 16.5 Å². The summed E-state index contributed by atoms with van der Waals surface area (Å²) >= 11 is 0. The molecule has 0 fully saturated rings. The van der Waals surface area contributed by atoms with Crippen molar-refractivity contribution < 1.29 is 0 Å². The highest BCUT2D eigenvalue weighted by Crippen LogP contribution is 2.24. The Hall–Kier alpha value is -2.43. The summed E-state index contributed by atoms with van der Waals surface area (Å²) < 4.78 is 0. The second-order valence-corrected chi connectivity index (χ2v) is 5.99. The Bertz CT molecular complexity index is 676. The van der Waals surface area contributed by atoms with E-state index in [1.165, 1.54) is 5.56 Å². The molecule has 5 heteroatoms. The Morgan fingerprint density at radius 1 is 1.33 bits per heavy atom. The van der Waals surface area contributed by atoms with Gasteiger partial charge in [0.2, 0.25) is 0 Å². The molecule has 1 aromatic heterocycles. The molecule has 5 nitrogen and oxygen atoms in total. The number of allylic oxidation sites excluding steroid dienone is 1. The molecule has 0 aromatic carbocycles. The van der Waals surface area contributed by atoms with Crippen LogP contribution in [0.3, 0.4) is 0 Å². The van der Waals surface area contributed by atoms with E-state index in [1.54, 1.807) is 6.20 Å². The third-order valence-corrected chi connectivity index (χ3v) is 4.07. The minimum Gasteiger partial charge on any atom is -0.395 e. The van der Waals surface area contributed by atoms with E-state index < -0.39 is 0 Å². The first-order chi connectivity index (χ1) is 11.6. The fourth-order valence-corrected chi connectivity index (χ4v) is 2.86. The lowest BCUT2D eigenvalue weighted by atomic mass is 10.1. The van der Waals surface area contributed by atoms with E-state index in [0.29, 0.717) is 11.5 Å². The number of H-pyrrole nitrogens is 1. The lowest BCUT2D eigenvalue weighted by Crippen LogP contribution is -2.33. The number of nitrogens with zero attached hydrogens (tertiary/aromatic N) is 2. The summed E-state index contributed by atoms with van der Waals surface area (Å²) in [6, 6.07) is 2.13. The largest absolute Gasteiger partial charge is 0.395 e. The number of nitrogens with one attached hydrogen (secondary N) is 1. The van der Waals surface area contributed by atoms with Gasteiger partial charge in [-0.15, -0.1) is 0 Å². The van der Waals surface area contributed by atoms with Gasteiger partial charge < -0.3 is 21.4 Å². The smallest absolute Gasteiger partial charge is 0.149 e. The van der Waals surface area contributed by atoms with Crippen LogP contribution in [0.25, 0.3) is 11.8 Å². The Labute approximate surface area is 144 Å². The Morgan fingerprint density at radius 3 is 2.79 bits per heavy atom. The maximum absolute atomic E-state index is 6.48. The molecule has 2 heterocycles. The van der Waals surface area contributed by atoms with Crippen molar-refractivity contribution in [1.82, 2.24) is 9.88 Å². The van der Waals surface area contributed by atoms with Crippen molar-refractivity contribution in [3.8, 4) is 0 Å². The van der Waals surface area contributed by atoms with Gasteiger partial charge in [-0.1, -0.05) is 32.8 Å². The molecule has 0 aliphatic carbocycles. The number of aromatic nitrogens is 1. The van der Waals surface area contributed by atoms with Gasteiger partial charge in [0.15, 0.2) is 0 Å². The number of hydrogen-bond acceptors (Lipinski definition) is 4. The van der Waals surface area contributed by atoms with Gasteiger partial charge in [0.05, 0.1) is 11.4 Å². The van der Waals surface area contributed by atoms with Crippen molar-refractivity contribution in [3.63, 3.8) is 0 Å². The molecule has 0 atom stereocenters. The lowest BCUT2D eigenvalue weighted by Gasteiger charge is -2.26. The maximum Gasteiger partial charge on any atom is 0.149 e. The van der Waals surface area contributed by atoms with Crippen LogP contribution in [0.4, 0.5) is 0 Å². The van der Waals surface area contributed by atoms with Crippen LogP contribution in [0.2, 0.25) is 0 Å². The Morgan fingerprint density at radius 2 is 2.12 bits per heavy atom. The minimum absolute atomic E-state index is 0.463. The molecule has 0 unspecified atom stereocenters. The fourth-order valence-electron chi connectivity index (χ4n) is 2.86. The summed E-state index contributed by atoms with van der Waals surface area (Å²) in [6.45, 7) is 7.24. The highest BCUT2D eigenvalue weighted by molar-refractivity contribution is 6.03. The van der Waals surface area contributed by atoms with Crippen LogP contribution >= 0.6 is 0 Å². The number of nitrogens with two attached hydrogens (primary N) is 2. The van der Waals surface area contributed by atoms with E-state index >= 15 is 0 Å². The zero-order valence-electron chi connectivity index (χ0n) is 15.0. The van der Waals surface area contributed by atoms with Gasteiger partial charge in [-0.25, -0.2) is 4.99 Å². The summed E-state index contributed by atoms with van der Waals surface area (Å²) in [4.78, 5) is 9.75. The zero-order valence-corrected chi connectivity index (χ0v) is 15.0. The Balaban J connectivity index is 2.44. The lowest BCUT2D eigenvalue weighted by molar-refractivity contribution is 0.463. The summed E-state index contributed by atoms with van der Waals surface area (Å²) in [5, 5.41) is 0. The molecular weight excluding hydrogens is 298 g/mol.